The molecule has 98 valence electrons. The summed E-state index contributed by atoms with van der Waals surface area (Å²) in [5.41, 5.74) is 5.32. The molecule has 1 heterocycles. The molecule has 1 rings (SSSR count). The number of nitrogens with zero attached hydrogens (tertiary/aromatic N) is 1. The summed E-state index contributed by atoms with van der Waals surface area (Å²) in [4.78, 5) is 24.0. The average Bonchev–Trinajstić information content (AvgIpc) is 2.55. The summed E-state index contributed by atoms with van der Waals surface area (Å²) in [6.45, 7) is 3.72. The molecule has 0 bridgehead atoms. The lowest BCUT2D eigenvalue weighted by Gasteiger charge is -2.24. The SMILES string of the molecule is CC(C)(N)CCC(=O)N1C[C@H](O)C[C@@H]1C(=O)O. The summed E-state index contributed by atoms with van der Waals surface area (Å²) in [7, 11) is 0. The summed E-state index contributed by atoms with van der Waals surface area (Å²) in [6.07, 6.45) is 0.0589. The highest BCUT2D eigenvalue weighted by Gasteiger charge is 2.38. The number of nitrogens with two attached hydrogens (primary N) is 1. The molecule has 1 aliphatic heterocycles. The van der Waals surface area contributed by atoms with Gasteiger partial charge in [0.05, 0.1) is 6.10 Å². The normalized spacial score (nSPS) is 25.1. The van der Waals surface area contributed by atoms with E-state index in [1.165, 1.54) is 4.90 Å². The molecule has 0 unspecified atom stereocenters. The monoisotopic (exact) mass is 244 g/mol. The molecule has 0 aromatic rings. The van der Waals surface area contributed by atoms with E-state index in [0.29, 0.717) is 6.42 Å². The number of aliphatic hydroxyl groups excluding tert-OH is 1. The third kappa shape index (κ3) is 3.98. The van der Waals surface area contributed by atoms with Gasteiger partial charge in [-0.05, 0) is 20.3 Å². The third-order valence-electron chi connectivity index (χ3n) is 2.87. The Hall–Kier alpha value is -1.14. The molecule has 1 saturated heterocycles. The zero-order valence-corrected chi connectivity index (χ0v) is 10.2. The van der Waals surface area contributed by atoms with Crippen molar-refractivity contribution in [1.82, 2.24) is 4.90 Å². The number of rotatable bonds is 4. The van der Waals surface area contributed by atoms with Crippen LogP contribution in [0.25, 0.3) is 0 Å². The Labute approximate surface area is 100 Å². The van der Waals surface area contributed by atoms with Crippen LogP contribution in [0.2, 0.25) is 0 Å². The maximum Gasteiger partial charge on any atom is 0.326 e. The first-order chi connectivity index (χ1) is 7.70. The van der Waals surface area contributed by atoms with Gasteiger partial charge in [-0.25, -0.2) is 4.79 Å². The predicted molar refractivity (Wildman–Crippen MR) is 61.3 cm³/mol. The predicted octanol–water partition coefficient (Wildman–Crippen LogP) is -0.450. The molecule has 0 radical (unpaired) electrons. The van der Waals surface area contributed by atoms with Gasteiger partial charge in [0.15, 0.2) is 0 Å². The molecule has 0 spiro atoms. The van der Waals surface area contributed by atoms with Gasteiger partial charge in [0.1, 0.15) is 6.04 Å². The van der Waals surface area contributed by atoms with Crippen molar-refractivity contribution in [1.29, 1.82) is 0 Å². The lowest BCUT2D eigenvalue weighted by Crippen LogP contribution is -2.42. The number of likely N-dealkylation sites (tertiary alicyclic amines) is 1. The number of amides is 1. The van der Waals surface area contributed by atoms with E-state index in [0.717, 1.165) is 0 Å². The van der Waals surface area contributed by atoms with E-state index in [-0.39, 0.29) is 25.3 Å². The number of carboxylic acid groups (broad SMARTS) is 1. The maximum atomic E-state index is 11.8. The first-order valence-corrected chi connectivity index (χ1v) is 5.70. The fraction of sp³-hybridized carbons (Fsp3) is 0.818. The molecular formula is C11H20N2O4. The fourth-order valence-corrected chi connectivity index (χ4v) is 1.90. The van der Waals surface area contributed by atoms with E-state index < -0.39 is 23.7 Å². The number of carbonyl (C=O) groups is 2. The number of aliphatic carboxylic acids is 1. The van der Waals surface area contributed by atoms with Crippen molar-refractivity contribution in [3.8, 4) is 0 Å². The van der Waals surface area contributed by atoms with E-state index in [1.807, 2.05) is 13.8 Å². The van der Waals surface area contributed by atoms with Crippen LogP contribution in [0.3, 0.4) is 0 Å². The average molecular weight is 244 g/mol. The van der Waals surface area contributed by atoms with Crippen LogP contribution in [0.1, 0.15) is 33.1 Å². The second kappa shape index (κ2) is 5.01. The quantitative estimate of drug-likeness (QED) is 0.621. The number of aliphatic hydroxyl groups is 1. The minimum Gasteiger partial charge on any atom is -0.480 e. The third-order valence-corrected chi connectivity index (χ3v) is 2.87. The Bertz CT molecular complexity index is 311. The van der Waals surface area contributed by atoms with Crippen LogP contribution >= 0.6 is 0 Å². The van der Waals surface area contributed by atoms with E-state index in [4.69, 9.17) is 10.8 Å². The summed E-state index contributed by atoms with van der Waals surface area (Å²) < 4.78 is 0. The van der Waals surface area contributed by atoms with Crippen LogP contribution in [0.15, 0.2) is 0 Å². The molecule has 1 amide bonds. The van der Waals surface area contributed by atoms with Crippen LogP contribution < -0.4 is 5.73 Å². The van der Waals surface area contributed by atoms with Crippen molar-refractivity contribution in [3.63, 3.8) is 0 Å². The molecule has 1 aliphatic rings. The van der Waals surface area contributed by atoms with Gasteiger partial charge in [-0.2, -0.15) is 0 Å². The Balaban J connectivity index is 2.59. The van der Waals surface area contributed by atoms with Crippen molar-refractivity contribution >= 4 is 11.9 Å². The topological polar surface area (TPSA) is 104 Å². The highest BCUT2D eigenvalue weighted by atomic mass is 16.4. The van der Waals surface area contributed by atoms with Gasteiger partial charge in [0.25, 0.3) is 0 Å². The highest BCUT2D eigenvalue weighted by molar-refractivity contribution is 5.84. The van der Waals surface area contributed by atoms with Crippen LogP contribution in [0, 0.1) is 0 Å². The first-order valence-electron chi connectivity index (χ1n) is 5.70. The van der Waals surface area contributed by atoms with Crippen molar-refractivity contribution in [2.75, 3.05) is 6.54 Å². The van der Waals surface area contributed by atoms with Gasteiger partial charge in [-0.3, -0.25) is 4.79 Å². The van der Waals surface area contributed by atoms with Crippen LogP contribution in [0.4, 0.5) is 0 Å². The number of hydrogen-bond donors (Lipinski definition) is 3. The Morgan fingerprint density at radius 2 is 2.06 bits per heavy atom. The maximum absolute atomic E-state index is 11.8. The van der Waals surface area contributed by atoms with Crippen molar-refractivity contribution < 1.29 is 19.8 Å². The lowest BCUT2D eigenvalue weighted by atomic mass is 9.99. The van der Waals surface area contributed by atoms with Crippen LogP contribution in [-0.4, -0.2) is 51.2 Å². The van der Waals surface area contributed by atoms with E-state index in [9.17, 15) is 14.7 Å². The zero-order valence-electron chi connectivity index (χ0n) is 10.2. The second-order valence-electron chi connectivity index (χ2n) is 5.28. The Kier molecular flexibility index (Phi) is 4.11. The highest BCUT2D eigenvalue weighted by Crippen LogP contribution is 2.20. The largest absolute Gasteiger partial charge is 0.480 e. The summed E-state index contributed by atoms with van der Waals surface area (Å²) in [5.74, 6) is -1.32. The van der Waals surface area contributed by atoms with Crippen molar-refractivity contribution in [2.45, 2.75) is 50.8 Å². The number of β-amino-alcohol motifs (C(OH)–C–C–N with tert-alkyl or cyclic N) is 1. The molecule has 4 N–H and O–H groups in total. The fourth-order valence-electron chi connectivity index (χ4n) is 1.90. The summed E-state index contributed by atoms with van der Waals surface area (Å²) in [6, 6.07) is -0.904. The van der Waals surface area contributed by atoms with Gasteiger partial charge < -0.3 is 20.8 Å². The molecule has 0 aromatic heterocycles. The summed E-state index contributed by atoms with van der Waals surface area (Å²) >= 11 is 0. The molecule has 0 saturated carbocycles. The Morgan fingerprint density at radius 1 is 1.47 bits per heavy atom. The standard InChI is InChI=1S/C11H20N2O4/c1-11(2,12)4-3-9(15)13-6-7(14)5-8(13)10(16)17/h7-8,14H,3-6,12H2,1-2H3,(H,16,17)/t7-,8-/m1/s1. The molecule has 0 aliphatic carbocycles. The van der Waals surface area contributed by atoms with Crippen molar-refractivity contribution in [2.24, 2.45) is 5.73 Å². The van der Waals surface area contributed by atoms with E-state index in [1.54, 1.807) is 0 Å². The first kappa shape index (κ1) is 13.9. The number of carboxylic acids is 1. The van der Waals surface area contributed by atoms with E-state index in [2.05, 4.69) is 0 Å². The van der Waals surface area contributed by atoms with Gasteiger partial charge in [0, 0.05) is 24.9 Å². The zero-order chi connectivity index (χ0) is 13.2. The minimum atomic E-state index is -1.07. The summed E-state index contributed by atoms with van der Waals surface area (Å²) in [5, 5.41) is 18.4. The van der Waals surface area contributed by atoms with Crippen LogP contribution in [-0.2, 0) is 9.59 Å². The van der Waals surface area contributed by atoms with Gasteiger partial charge in [-0.1, -0.05) is 0 Å². The molecule has 0 aromatic carbocycles. The van der Waals surface area contributed by atoms with Gasteiger partial charge in [-0.15, -0.1) is 0 Å². The Morgan fingerprint density at radius 3 is 2.53 bits per heavy atom. The van der Waals surface area contributed by atoms with Gasteiger partial charge in [0.2, 0.25) is 5.91 Å². The second-order valence-corrected chi connectivity index (χ2v) is 5.28. The molecule has 6 nitrogen and oxygen atoms in total. The molecule has 2 atom stereocenters. The van der Waals surface area contributed by atoms with Crippen molar-refractivity contribution in [3.05, 3.63) is 0 Å². The molecule has 1 fully saturated rings. The van der Waals surface area contributed by atoms with Gasteiger partial charge >= 0.3 is 5.97 Å². The number of carbonyl (C=O) groups excluding carboxylic acids is 1. The lowest BCUT2D eigenvalue weighted by molar-refractivity contribution is -0.148. The molecule has 17 heavy (non-hydrogen) atoms. The molecular weight excluding hydrogens is 224 g/mol. The number of hydrogen-bond acceptors (Lipinski definition) is 4. The van der Waals surface area contributed by atoms with E-state index >= 15 is 0 Å². The van der Waals surface area contributed by atoms with Crippen LogP contribution in [0.5, 0.6) is 0 Å². The minimum absolute atomic E-state index is 0.0980. The smallest absolute Gasteiger partial charge is 0.326 e. The molecule has 6 heteroatoms.